The van der Waals surface area contributed by atoms with Crippen LogP contribution >= 0.6 is 0 Å². The van der Waals surface area contributed by atoms with Crippen molar-refractivity contribution in [2.75, 3.05) is 0 Å². The van der Waals surface area contributed by atoms with Crippen LogP contribution in [0, 0.1) is 11.8 Å². The SMILES string of the molecule is CC(C)C[C@H](N)C(=O)O.CC(C)[C@H](N)C(=O)O.N[C@@H](CCC(=O)O)C(=O)O.N[C@@H](Cc1ccccc1)C(=O)O. The highest BCUT2D eigenvalue weighted by molar-refractivity contribution is 5.75. The zero-order valence-electron chi connectivity index (χ0n) is 22.8. The van der Waals surface area contributed by atoms with Gasteiger partial charge in [-0.15, -0.1) is 0 Å². The highest BCUT2D eigenvalue weighted by atomic mass is 16.4. The maximum absolute atomic E-state index is 10.4. The van der Waals surface area contributed by atoms with E-state index in [1.54, 1.807) is 13.8 Å². The number of hydrogen-bond acceptors (Lipinski definition) is 9. The molecule has 0 aliphatic heterocycles. The standard InChI is InChI=1S/C9H11NO2.C6H13NO2.C5H9NO4.C5H11NO2/c10-8(9(11)12)6-7-4-2-1-3-5-7;1-4(2)3-5(7)6(8)9;6-3(5(9)10)1-2-4(7)8;1-3(2)4(6)5(7)8/h1-5,8H,6,10H2,(H,11,12);4-5H,3,7H2,1-2H3,(H,8,9);3H,1-2,6H2,(H,7,8)(H,9,10);3-4H,6H2,1-2H3,(H,7,8)/t8-;5-;3-;4-/m0000/s1. The van der Waals surface area contributed by atoms with Crippen molar-refractivity contribution in [3.63, 3.8) is 0 Å². The molecule has 1 aromatic rings. The van der Waals surface area contributed by atoms with Crippen LogP contribution in [0.25, 0.3) is 0 Å². The first-order valence-electron chi connectivity index (χ1n) is 12.0. The number of rotatable bonds is 12. The number of nitrogens with two attached hydrogens (primary N) is 4. The van der Waals surface area contributed by atoms with Crippen LogP contribution in [0.4, 0.5) is 0 Å². The van der Waals surface area contributed by atoms with E-state index in [4.69, 9.17) is 48.5 Å². The average Bonchev–Trinajstić information content (AvgIpc) is 2.83. The third kappa shape index (κ3) is 25.8. The molecule has 14 nitrogen and oxygen atoms in total. The quantitative estimate of drug-likeness (QED) is 0.167. The Kier molecular flexibility index (Phi) is 22.9. The molecular weight excluding hydrogens is 516 g/mol. The summed E-state index contributed by atoms with van der Waals surface area (Å²) >= 11 is 0. The van der Waals surface area contributed by atoms with Gasteiger partial charge in [0, 0.05) is 6.42 Å². The molecular formula is C25H44N4O10. The molecule has 0 aliphatic carbocycles. The van der Waals surface area contributed by atoms with Gasteiger partial charge in [-0.3, -0.25) is 24.0 Å². The average molecular weight is 561 g/mol. The molecule has 0 aromatic heterocycles. The van der Waals surface area contributed by atoms with Crippen molar-refractivity contribution in [2.45, 2.75) is 77.5 Å². The molecule has 1 aromatic carbocycles. The van der Waals surface area contributed by atoms with Gasteiger partial charge in [-0.05, 0) is 36.7 Å². The smallest absolute Gasteiger partial charge is 0.320 e. The highest BCUT2D eigenvalue weighted by Gasteiger charge is 2.15. The van der Waals surface area contributed by atoms with Gasteiger partial charge in [0.05, 0.1) is 0 Å². The Morgan fingerprint density at radius 2 is 1.10 bits per heavy atom. The number of carboxylic acids is 5. The largest absolute Gasteiger partial charge is 0.481 e. The molecule has 0 aliphatic rings. The molecule has 0 saturated heterocycles. The molecule has 0 saturated carbocycles. The van der Waals surface area contributed by atoms with E-state index in [1.165, 1.54) is 0 Å². The Hall–Kier alpha value is -3.59. The summed E-state index contributed by atoms with van der Waals surface area (Å²) in [6.07, 6.45) is 0.712. The summed E-state index contributed by atoms with van der Waals surface area (Å²) in [4.78, 5) is 50.4. The second kappa shape index (κ2) is 22.4. The van der Waals surface area contributed by atoms with Crippen LogP contribution in [0.15, 0.2) is 30.3 Å². The van der Waals surface area contributed by atoms with Crippen molar-refractivity contribution in [1.29, 1.82) is 0 Å². The van der Waals surface area contributed by atoms with Crippen molar-refractivity contribution in [1.82, 2.24) is 0 Å². The molecule has 0 radical (unpaired) electrons. The third-order valence-electron chi connectivity index (χ3n) is 4.65. The lowest BCUT2D eigenvalue weighted by molar-refractivity contribution is -0.141. The minimum Gasteiger partial charge on any atom is -0.481 e. The lowest BCUT2D eigenvalue weighted by Gasteiger charge is -2.07. The Morgan fingerprint density at radius 1 is 0.667 bits per heavy atom. The van der Waals surface area contributed by atoms with Crippen LogP contribution in [-0.2, 0) is 30.4 Å². The summed E-state index contributed by atoms with van der Waals surface area (Å²) in [7, 11) is 0. The molecule has 14 heteroatoms. The van der Waals surface area contributed by atoms with Crippen LogP contribution < -0.4 is 22.9 Å². The lowest BCUT2D eigenvalue weighted by Crippen LogP contribution is -2.34. The predicted molar refractivity (Wildman–Crippen MR) is 144 cm³/mol. The van der Waals surface area contributed by atoms with Gasteiger partial charge in [0.1, 0.15) is 24.2 Å². The summed E-state index contributed by atoms with van der Waals surface area (Å²) in [5.74, 6) is -4.62. The Morgan fingerprint density at radius 3 is 1.36 bits per heavy atom. The number of carbonyl (C=O) groups is 5. The van der Waals surface area contributed by atoms with Gasteiger partial charge in [0.2, 0.25) is 0 Å². The van der Waals surface area contributed by atoms with E-state index in [2.05, 4.69) is 0 Å². The Labute approximate surface area is 228 Å². The second-order valence-electron chi connectivity index (χ2n) is 9.19. The van der Waals surface area contributed by atoms with E-state index < -0.39 is 54.0 Å². The van der Waals surface area contributed by atoms with Gasteiger partial charge in [-0.2, -0.15) is 0 Å². The van der Waals surface area contributed by atoms with Gasteiger partial charge < -0.3 is 48.5 Å². The first-order valence-corrected chi connectivity index (χ1v) is 12.0. The molecule has 224 valence electrons. The van der Waals surface area contributed by atoms with Gasteiger partial charge in [0.15, 0.2) is 0 Å². The maximum atomic E-state index is 10.4. The number of benzene rings is 1. The van der Waals surface area contributed by atoms with Gasteiger partial charge in [0.25, 0.3) is 0 Å². The van der Waals surface area contributed by atoms with E-state index in [0.29, 0.717) is 18.8 Å². The van der Waals surface area contributed by atoms with Crippen LogP contribution in [0.1, 0.15) is 52.5 Å². The molecule has 13 N–H and O–H groups in total. The number of aliphatic carboxylic acids is 5. The van der Waals surface area contributed by atoms with Gasteiger partial charge in [-0.1, -0.05) is 58.0 Å². The van der Waals surface area contributed by atoms with Crippen LogP contribution in [0.2, 0.25) is 0 Å². The fraction of sp³-hybridized carbons (Fsp3) is 0.560. The van der Waals surface area contributed by atoms with Crippen LogP contribution in [0.3, 0.4) is 0 Å². The Balaban J connectivity index is -0.000000449. The second-order valence-corrected chi connectivity index (χ2v) is 9.19. The topological polar surface area (TPSA) is 291 Å². The summed E-state index contributed by atoms with van der Waals surface area (Å²) in [5.41, 5.74) is 21.7. The normalized spacial score (nSPS) is 13.1. The van der Waals surface area contributed by atoms with Gasteiger partial charge >= 0.3 is 29.8 Å². The van der Waals surface area contributed by atoms with Crippen molar-refractivity contribution >= 4 is 29.8 Å². The first-order chi connectivity index (χ1) is 17.8. The number of hydrogen-bond donors (Lipinski definition) is 9. The van der Waals surface area contributed by atoms with Crippen LogP contribution in [0.5, 0.6) is 0 Å². The summed E-state index contributed by atoms with van der Waals surface area (Å²) in [5, 5.41) is 41.3. The van der Waals surface area contributed by atoms with E-state index in [1.807, 2.05) is 44.2 Å². The maximum Gasteiger partial charge on any atom is 0.320 e. The molecule has 0 amide bonds. The fourth-order valence-electron chi connectivity index (χ4n) is 2.25. The Bertz CT molecular complexity index is 866. The molecule has 0 unspecified atom stereocenters. The van der Waals surface area contributed by atoms with Crippen molar-refractivity contribution in [3.8, 4) is 0 Å². The van der Waals surface area contributed by atoms with Crippen molar-refractivity contribution in [2.24, 2.45) is 34.8 Å². The highest BCUT2D eigenvalue weighted by Crippen LogP contribution is 2.02. The van der Waals surface area contributed by atoms with Crippen molar-refractivity contribution < 1.29 is 49.5 Å². The number of carboxylic acid groups (broad SMARTS) is 5. The zero-order chi connectivity index (χ0) is 31.3. The third-order valence-corrected chi connectivity index (χ3v) is 4.65. The zero-order valence-corrected chi connectivity index (χ0v) is 22.8. The fourth-order valence-corrected chi connectivity index (χ4v) is 2.25. The first kappa shape index (κ1) is 39.9. The summed E-state index contributed by atoms with van der Waals surface area (Å²) in [6, 6.07) is 6.08. The minimum absolute atomic E-state index is 0.0208. The predicted octanol–water partition coefficient (Wildman–Crippen LogP) is 0.403. The van der Waals surface area contributed by atoms with E-state index in [0.717, 1.165) is 5.56 Å². The van der Waals surface area contributed by atoms with E-state index in [-0.39, 0.29) is 18.8 Å². The van der Waals surface area contributed by atoms with E-state index in [9.17, 15) is 24.0 Å². The van der Waals surface area contributed by atoms with Gasteiger partial charge in [-0.25, -0.2) is 0 Å². The molecule has 4 atom stereocenters. The molecule has 1 rings (SSSR count). The molecule has 0 spiro atoms. The lowest BCUT2D eigenvalue weighted by atomic mass is 10.1. The monoisotopic (exact) mass is 560 g/mol. The van der Waals surface area contributed by atoms with Crippen molar-refractivity contribution in [3.05, 3.63) is 35.9 Å². The summed E-state index contributed by atoms with van der Waals surface area (Å²) in [6.45, 7) is 7.45. The molecule has 0 bridgehead atoms. The minimum atomic E-state index is -1.17. The summed E-state index contributed by atoms with van der Waals surface area (Å²) < 4.78 is 0. The van der Waals surface area contributed by atoms with E-state index >= 15 is 0 Å². The molecule has 0 fully saturated rings. The molecule has 0 heterocycles. The van der Waals surface area contributed by atoms with Crippen LogP contribution in [-0.4, -0.2) is 79.5 Å². The molecule has 39 heavy (non-hydrogen) atoms.